The van der Waals surface area contributed by atoms with Gasteiger partial charge in [-0.05, 0) is 13.0 Å². The van der Waals surface area contributed by atoms with Crippen LogP contribution in [0.1, 0.15) is 6.92 Å². The zero-order valence-corrected chi connectivity index (χ0v) is 4.31. The van der Waals surface area contributed by atoms with Crippen LogP contribution in [0.25, 0.3) is 0 Å². The third-order valence-electron chi connectivity index (χ3n) is 0.890. The van der Waals surface area contributed by atoms with E-state index in [9.17, 15) is 0 Å². The highest BCUT2D eigenvalue weighted by atomic mass is 14.9. The van der Waals surface area contributed by atoms with E-state index in [1.54, 1.807) is 0 Å². The molecular weight excluding hydrogens is 86.1 g/mol. The third-order valence-corrected chi connectivity index (χ3v) is 0.890. The molecule has 1 aliphatic heterocycles. The van der Waals surface area contributed by atoms with Gasteiger partial charge in [0.15, 0.2) is 0 Å². The highest BCUT2D eigenvalue weighted by molar-refractivity contribution is 5.07. The molecule has 1 heteroatoms. The van der Waals surface area contributed by atoms with Crippen molar-refractivity contribution < 1.29 is 0 Å². The standard InChI is InChI=1S/C6H8N/c1-6-4-2-3-5-7-6/h2-4,6-7H,1H3. The molecule has 0 amide bonds. The molecule has 1 N–H and O–H groups in total. The van der Waals surface area contributed by atoms with Gasteiger partial charge in [-0.3, -0.25) is 0 Å². The maximum absolute atomic E-state index is 2.99. The number of dihydropyridines is 1. The van der Waals surface area contributed by atoms with E-state index in [1.807, 2.05) is 12.2 Å². The van der Waals surface area contributed by atoms with E-state index in [2.05, 4.69) is 24.5 Å². The van der Waals surface area contributed by atoms with Crippen molar-refractivity contribution in [3.63, 3.8) is 0 Å². The quantitative estimate of drug-likeness (QED) is 0.469. The summed E-state index contributed by atoms with van der Waals surface area (Å²) >= 11 is 0. The molecule has 0 aromatic rings. The molecule has 1 rings (SSSR count). The van der Waals surface area contributed by atoms with Gasteiger partial charge < -0.3 is 5.32 Å². The van der Waals surface area contributed by atoms with Crippen molar-refractivity contribution in [1.82, 2.24) is 5.32 Å². The van der Waals surface area contributed by atoms with Gasteiger partial charge in [-0.15, -0.1) is 0 Å². The molecule has 0 saturated heterocycles. The minimum absolute atomic E-state index is 0.463. The highest BCUT2D eigenvalue weighted by Gasteiger charge is 1.91. The number of hydrogen-bond donors (Lipinski definition) is 1. The molecule has 0 saturated carbocycles. The van der Waals surface area contributed by atoms with E-state index in [-0.39, 0.29) is 0 Å². The largest absolute Gasteiger partial charge is 0.377 e. The Labute approximate surface area is 43.7 Å². The molecule has 1 unspecified atom stereocenters. The van der Waals surface area contributed by atoms with E-state index < -0.39 is 0 Å². The molecule has 7 heavy (non-hydrogen) atoms. The van der Waals surface area contributed by atoms with Gasteiger partial charge in [0, 0.05) is 6.04 Å². The summed E-state index contributed by atoms with van der Waals surface area (Å²) in [5.41, 5.74) is 0. The molecule has 1 radical (unpaired) electrons. The first-order valence-corrected chi connectivity index (χ1v) is 2.40. The maximum atomic E-state index is 2.99. The summed E-state index contributed by atoms with van der Waals surface area (Å²) < 4.78 is 0. The van der Waals surface area contributed by atoms with Crippen molar-refractivity contribution in [3.8, 4) is 0 Å². The van der Waals surface area contributed by atoms with Crippen LogP contribution in [0.15, 0.2) is 18.2 Å². The van der Waals surface area contributed by atoms with E-state index in [0.29, 0.717) is 6.04 Å². The third kappa shape index (κ3) is 1.07. The van der Waals surface area contributed by atoms with Gasteiger partial charge in [0.05, 0.1) is 6.20 Å². The van der Waals surface area contributed by atoms with Gasteiger partial charge in [0.2, 0.25) is 0 Å². The Morgan fingerprint density at radius 2 is 2.57 bits per heavy atom. The fourth-order valence-electron chi connectivity index (χ4n) is 0.498. The van der Waals surface area contributed by atoms with Crippen molar-refractivity contribution in [1.29, 1.82) is 0 Å². The summed E-state index contributed by atoms with van der Waals surface area (Å²) in [5, 5.41) is 2.99. The smallest absolute Gasteiger partial charge is 0.0580 e. The lowest BCUT2D eigenvalue weighted by atomic mass is 10.2. The molecule has 1 nitrogen and oxygen atoms in total. The SMILES string of the molecule is CC1C=CC=[C]N1. The summed E-state index contributed by atoms with van der Waals surface area (Å²) in [5.74, 6) is 0. The first-order chi connectivity index (χ1) is 3.39. The average Bonchev–Trinajstić information content (AvgIpc) is 1.69. The lowest BCUT2D eigenvalue weighted by Gasteiger charge is -2.06. The lowest BCUT2D eigenvalue weighted by molar-refractivity contribution is 0.743. The Hall–Kier alpha value is -0.720. The Morgan fingerprint density at radius 1 is 1.71 bits per heavy atom. The topological polar surface area (TPSA) is 12.0 Å². The first-order valence-electron chi connectivity index (χ1n) is 2.40. The fourth-order valence-corrected chi connectivity index (χ4v) is 0.498. The summed E-state index contributed by atoms with van der Waals surface area (Å²) in [7, 11) is 0. The van der Waals surface area contributed by atoms with E-state index >= 15 is 0 Å². The van der Waals surface area contributed by atoms with Gasteiger partial charge in [0.25, 0.3) is 0 Å². The van der Waals surface area contributed by atoms with Crippen molar-refractivity contribution in [3.05, 3.63) is 24.4 Å². The highest BCUT2D eigenvalue weighted by Crippen LogP contribution is 1.89. The molecular formula is C6H8N. The average molecular weight is 94.1 g/mol. The predicted octanol–water partition coefficient (Wildman–Crippen LogP) is 0.851. The van der Waals surface area contributed by atoms with Crippen LogP contribution in [-0.4, -0.2) is 6.04 Å². The first kappa shape index (κ1) is 4.44. The molecule has 0 aliphatic carbocycles. The van der Waals surface area contributed by atoms with Crippen LogP contribution >= 0.6 is 0 Å². The zero-order chi connectivity index (χ0) is 5.11. The minimum atomic E-state index is 0.463. The second-order valence-electron chi connectivity index (χ2n) is 1.63. The number of hydrogen-bond acceptors (Lipinski definition) is 1. The van der Waals surface area contributed by atoms with Crippen LogP contribution in [0.2, 0.25) is 0 Å². The number of allylic oxidation sites excluding steroid dienone is 2. The van der Waals surface area contributed by atoms with E-state index in [0.717, 1.165) is 0 Å². The Balaban J connectivity index is 2.49. The van der Waals surface area contributed by atoms with Crippen LogP contribution in [-0.2, 0) is 0 Å². The predicted molar refractivity (Wildman–Crippen MR) is 29.6 cm³/mol. The maximum Gasteiger partial charge on any atom is 0.0580 e. The van der Waals surface area contributed by atoms with Crippen molar-refractivity contribution in [2.75, 3.05) is 0 Å². The molecule has 1 aliphatic rings. The Morgan fingerprint density at radius 3 is 2.86 bits per heavy atom. The summed E-state index contributed by atoms with van der Waals surface area (Å²) in [4.78, 5) is 0. The molecule has 37 valence electrons. The van der Waals surface area contributed by atoms with Crippen molar-refractivity contribution in [2.45, 2.75) is 13.0 Å². The fraction of sp³-hybridized carbons (Fsp3) is 0.333. The van der Waals surface area contributed by atoms with Crippen LogP contribution in [0.5, 0.6) is 0 Å². The molecule has 0 aromatic carbocycles. The Bertz CT molecular complexity index is 103. The van der Waals surface area contributed by atoms with Crippen LogP contribution in [0.3, 0.4) is 0 Å². The van der Waals surface area contributed by atoms with Crippen molar-refractivity contribution >= 4 is 0 Å². The minimum Gasteiger partial charge on any atom is -0.377 e. The van der Waals surface area contributed by atoms with Crippen LogP contribution < -0.4 is 5.32 Å². The molecule has 0 aromatic heterocycles. The van der Waals surface area contributed by atoms with Crippen LogP contribution in [0.4, 0.5) is 0 Å². The van der Waals surface area contributed by atoms with Gasteiger partial charge in [-0.25, -0.2) is 0 Å². The molecule has 1 atom stereocenters. The van der Waals surface area contributed by atoms with Gasteiger partial charge in [-0.2, -0.15) is 0 Å². The summed E-state index contributed by atoms with van der Waals surface area (Å²) in [6.45, 7) is 2.08. The number of nitrogens with one attached hydrogen (secondary N) is 1. The second kappa shape index (κ2) is 1.82. The van der Waals surface area contributed by atoms with Crippen molar-refractivity contribution in [2.24, 2.45) is 0 Å². The summed E-state index contributed by atoms with van der Waals surface area (Å²) in [6.07, 6.45) is 8.80. The molecule has 0 bridgehead atoms. The lowest BCUT2D eigenvalue weighted by Crippen LogP contribution is -2.19. The molecule has 0 spiro atoms. The van der Waals surface area contributed by atoms with Gasteiger partial charge in [0.1, 0.15) is 0 Å². The van der Waals surface area contributed by atoms with Gasteiger partial charge in [-0.1, -0.05) is 12.2 Å². The van der Waals surface area contributed by atoms with E-state index in [4.69, 9.17) is 0 Å². The normalized spacial score (nSPS) is 27.3. The molecule has 1 heterocycles. The van der Waals surface area contributed by atoms with E-state index in [1.165, 1.54) is 0 Å². The number of rotatable bonds is 0. The summed E-state index contributed by atoms with van der Waals surface area (Å²) in [6, 6.07) is 0.463. The monoisotopic (exact) mass is 94.1 g/mol. The molecule has 0 fully saturated rings. The van der Waals surface area contributed by atoms with Gasteiger partial charge >= 0.3 is 0 Å². The zero-order valence-electron chi connectivity index (χ0n) is 4.31. The van der Waals surface area contributed by atoms with Crippen LogP contribution in [0, 0.1) is 6.20 Å². The Kier molecular flexibility index (Phi) is 1.16. The second-order valence-corrected chi connectivity index (χ2v) is 1.63.